The Hall–Kier alpha value is -2.41. The number of nitrogens with zero attached hydrogens (tertiary/aromatic N) is 1. The molecule has 2 aromatic rings. The lowest BCUT2D eigenvalue weighted by Gasteiger charge is -2.40. The van der Waals surface area contributed by atoms with Crippen molar-refractivity contribution in [1.29, 1.82) is 0 Å². The van der Waals surface area contributed by atoms with Crippen molar-refractivity contribution in [2.45, 2.75) is 37.6 Å². The zero-order chi connectivity index (χ0) is 24.5. The van der Waals surface area contributed by atoms with Crippen LogP contribution in [0, 0.1) is 3.57 Å². The normalized spacial score (nSPS) is 19.9. The fourth-order valence-corrected chi connectivity index (χ4v) is 4.28. The van der Waals surface area contributed by atoms with Crippen LogP contribution in [0.3, 0.4) is 0 Å². The molecule has 184 valence electrons. The largest absolute Gasteiger partial charge is 0.482 e. The standard InChI is InChI=1S/C24H29IN2O7/c1-32-10-7-22(29)27(14-16-6-11-33-15-16)19-12-17(24(31)26-8-9-28)13-21(23(19)30)34-20-5-3-2-4-18(20)25/h2-6,11,13,15,19,21,23,28,30H,7-10,12,14H2,1H3,(H,26,31)/t19-,21+,23+/m1/s1. The summed E-state index contributed by atoms with van der Waals surface area (Å²) in [6.07, 6.45) is 2.93. The zero-order valence-electron chi connectivity index (χ0n) is 18.9. The summed E-state index contributed by atoms with van der Waals surface area (Å²) in [7, 11) is 1.51. The monoisotopic (exact) mass is 584 g/mol. The average molecular weight is 584 g/mol. The van der Waals surface area contributed by atoms with Gasteiger partial charge in [-0.3, -0.25) is 9.59 Å². The molecule has 34 heavy (non-hydrogen) atoms. The molecule has 10 heteroatoms. The first kappa shape index (κ1) is 26.2. The van der Waals surface area contributed by atoms with E-state index in [1.807, 2.05) is 18.2 Å². The lowest BCUT2D eigenvalue weighted by Crippen LogP contribution is -2.55. The Morgan fingerprint density at radius 1 is 1.29 bits per heavy atom. The van der Waals surface area contributed by atoms with E-state index in [9.17, 15) is 14.7 Å². The highest BCUT2D eigenvalue weighted by Gasteiger charge is 2.40. The number of benzene rings is 1. The highest BCUT2D eigenvalue weighted by molar-refractivity contribution is 14.1. The SMILES string of the molecule is COCCC(=O)N(Cc1ccoc1)[C@@H]1CC(C(=O)NCCO)=C[C@H](Oc2ccccc2I)[C@H]1O. The first-order chi connectivity index (χ1) is 16.4. The van der Waals surface area contributed by atoms with Gasteiger partial charge >= 0.3 is 0 Å². The second-order valence-corrected chi connectivity index (χ2v) is 9.00. The van der Waals surface area contributed by atoms with Gasteiger partial charge in [0.15, 0.2) is 0 Å². The molecule has 1 aliphatic carbocycles. The topological polar surface area (TPSA) is 121 Å². The molecule has 0 saturated carbocycles. The van der Waals surface area contributed by atoms with Crippen molar-refractivity contribution in [3.05, 3.63) is 63.6 Å². The van der Waals surface area contributed by atoms with Crippen LogP contribution in [0.4, 0.5) is 0 Å². The fourth-order valence-electron chi connectivity index (χ4n) is 3.77. The minimum Gasteiger partial charge on any atom is -0.482 e. The summed E-state index contributed by atoms with van der Waals surface area (Å²) in [6.45, 7) is 0.319. The Bertz CT molecular complexity index is 979. The predicted molar refractivity (Wildman–Crippen MR) is 132 cm³/mol. The van der Waals surface area contributed by atoms with E-state index in [-0.39, 0.29) is 51.0 Å². The minimum absolute atomic E-state index is 0.0943. The van der Waals surface area contributed by atoms with E-state index in [0.717, 1.165) is 9.13 Å². The van der Waals surface area contributed by atoms with Crippen LogP contribution in [-0.2, 0) is 20.9 Å². The Balaban J connectivity index is 1.93. The number of methoxy groups -OCH3 is 1. The summed E-state index contributed by atoms with van der Waals surface area (Å²) >= 11 is 2.14. The van der Waals surface area contributed by atoms with Crippen LogP contribution in [0.25, 0.3) is 0 Å². The number of carbonyl (C=O) groups excluding carboxylic acids is 2. The number of nitrogens with one attached hydrogen (secondary N) is 1. The first-order valence-electron chi connectivity index (χ1n) is 10.9. The molecule has 2 amide bonds. The third-order valence-electron chi connectivity index (χ3n) is 5.49. The number of aliphatic hydroxyl groups excluding tert-OH is 2. The molecule has 0 aliphatic heterocycles. The van der Waals surface area contributed by atoms with Crippen LogP contribution in [0.2, 0.25) is 0 Å². The molecule has 1 heterocycles. The highest BCUT2D eigenvalue weighted by Crippen LogP contribution is 2.30. The highest BCUT2D eigenvalue weighted by atomic mass is 127. The van der Waals surface area contributed by atoms with Crippen LogP contribution < -0.4 is 10.1 Å². The van der Waals surface area contributed by atoms with Crippen molar-refractivity contribution in [2.24, 2.45) is 0 Å². The second kappa shape index (κ2) is 12.9. The van der Waals surface area contributed by atoms with E-state index in [2.05, 4.69) is 27.9 Å². The van der Waals surface area contributed by atoms with Gasteiger partial charge in [0, 0.05) is 37.8 Å². The van der Waals surface area contributed by atoms with E-state index < -0.39 is 18.2 Å². The number of ether oxygens (including phenoxy) is 2. The average Bonchev–Trinajstić information content (AvgIpc) is 3.35. The lowest BCUT2D eigenvalue weighted by molar-refractivity contribution is -0.140. The zero-order valence-corrected chi connectivity index (χ0v) is 21.0. The molecular weight excluding hydrogens is 555 g/mol. The molecule has 0 unspecified atom stereocenters. The molecule has 0 saturated heterocycles. The third kappa shape index (κ3) is 6.81. The molecule has 3 N–H and O–H groups in total. The van der Waals surface area contributed by atoms with Crippen molar-refractivity contribution in [1.82, 2.24) is 10.2 Å². The molecule has 9 nitrogen and oxygen atoms in total. The van der Waals surface area contributed by atoms with Crippen LogP contribution in [-0.4, -0.2) is 72.0 Å². The van der Waals surface area contributed by atoms with Crippen molar-refractivity contribution in [3.63, 3.8) is 0 Å². The number of halogens is 1. The van der Waals surface area contributed by atoms with Gasteiger partial charge in [0.25, 0.3) is 0 Å². The van der Waals surface area contributed by atoms with Crippen molar-refractivity contribution >= 4 is 34.4 Å². The Morgan fingerprint density at radius 2 is 2.09 bits per heavy atom. The van der Waals surface area contributed by atoms with Crippen LogP contribution in [0.15, 0.2) is 58.9 Å². The summed E-state index contributed by atoms with van der Waals surface area (Å²) in [4.78, 5) is 27.5. The quantitative estimate of drug-likeness (QED) is 0.345. The summed E-state index contributed by atoms with van der Waals surface area (Å²) in [5, 5.41) is 23.1. The summed E-state index contributed by atoms with van der Waals surface area (Å²) in [5.41, 5.74) is 1.13. The number of hydrogen-bond donors (Lipinski definition) is 3. The van der Waals surface area contributed by atoms with E-state index in [0.29, 0.717) is 11.3 Å². The van der Waals surface area contributed by atoms with Gasteiger partial charge in [-0.05, 0) is 46.9 Å². The minimum atomic E-state index is -1.09. The first-order valence-corrected chi connectivity index (χ1v) is 12.0. The summed E-state index contributed by atoms with van der Waals surface area (Å²) in [6, 6.07) is 8.37. The van der Waals surface area contributed by atoms with Gasteiger partial charge < -0.3 is 34.3 Å². The van der Waals surface area contributed by atoms with Crippen molar-refractivity contribution in [2.75, 3.05) is 26.9 Å². The molecule has 3 atom stereocenters. The molecule has 0 radical (unpaired) electrons. The Morgan fingerprint density at radius 3 is 2.76 bits per heavy atom. The molecule has 0 bridgehead atoms. The molecule has 3 rings (SSSR count). The van der Waals surface area contributed by atoms with Crippen molar-refractivity contribution in [3.8, 4) is 5.75 Å². The van der Waals surface area contributed by atoms with Gasteiger partial charge in [-0.2, -0.15) is 0 Å². The number of furan rings is 1. The van der Waals surface area contributed by atoms with Gasteiger partial charge in [0.05, 0.1) is 41.8 Å². The Kier molecular flexibility index (Phi) is 9.93. The second-order valence-electron chi connectivity index (χ2n) is 7.84. The predicted octanol–water partition coefficient (Wildman–Crippen LogP) is 1.86. The molecule has 1 aromatic carbocycles. The van der Waals surface area contributed by atoms with Crippen LogP contribution in [0.1, 0.15) is 18.4 Å². The molecule has 1 aliphatic rings. The van der Waals surface area contributed by atoms with Gasteiger partial charge in [-0.15, -0.1) is 0 Å². The summed E-state index contributed by atoms with van der Waals surface area (Å²) in [5.74, 6) is -0.0432. The molecule has 0 spiro atoms. The molecular formula is C24H29IN2O7. The molecule has 0 fully saturated rings. The van der Waals surface area contributed by atoms with Crippen LogP contribution >= 0.6 is 22.6 Å². The third-order valence-corrected chi connectivity index (χ3v) is 6.38. The summed E-state index contributed by atoms with van der Waals surface area (Å²) < 4.78 is 17.2. The maximum Gasteiger partial charge on any atom is 0.247 e. The van der Waals surface area contributed by atoms with Gasteiger partial charge in [0.2, 0.25) is 11.8 Å². The van der Waals surface area contributed by atoms with E-state index in [1.165, 1.54) is 19.6 Å². The van der Waals surface area contributed by atoms with E-state index in [1.54, 1.807) is 23.1 Å². The number of amides is 2. The fraction of sp³-hybridized carbons (Fsp3) is 0.417. The van der Waals surface area contributed by atoms with E-state index in [4.69, 9.17) is 19.0 Å². The van der Waals surface area contributed by atoms with Crippen LogP contribution in [0.5, 0.6) is 5.75 Å². The van der Waals surface area contributed by atoms with E-state index >= 15 is 0 Å². The number of carbonyl (C=O) groups is 2. The maximum atomic E-state index is 13.1. The Labute approximate surface area is 211 Å². The van der Waals surface area contributed by atoms with Crippen molar-refractivity contribution < 1.29 is 33.7 Å². The maximum absolute atomic E-state index is 13.1. The number of hydrogen-bond acceptors (Lipinski definition) is 7. The number of para-hydroxylation sites is 1. The van der Waals surface area contributed by atoms with Gasteiger partial charge in [0.1, 0.15) is 18.0 Å². The number of rotatable bonds is 11. The van der Waals surface area contributed by atoms with Gasteiger partial charge in [-0.25, -0.2) is 0 Å². The smallest absolute Gasteiger partial charge is 0.247 e. The lowest BCUT2D eigenvalue weighted by atomic mass is 9.87. The number of aliphatic hydroxyl groups is 2. The van der Waals surface area contributed by atoms with Gasteiger partial charge in [-0.1, -0.05) is 12.1 Å². The molecule has 1 aromatic heterocycles.